The van der Waals surface area contributed by atoms with Gasteiger partial charge in [0.1, 0.15) is 18.7 Å². The second-order valence-corrected chi connectivity index (χ2v) is 6.61. The van der Waals surface area contributed by atoms with Gasteiger partial charge in [-0.3, -0.25) is 4.90 Å². The summed E-state index contributed by atoms with van der Waals surface area (Å²) in [6.07, 6.45) is 2.32. The molecule has 0 N–H and O–H groups in total. The minimum absolute atomic E-state index is 0.367. The fourth-order valence-electron chi connectivity index (χ4n) is 3.82. The molecule has 0 spiro atoms. The van der Waals surface area contributed by atoms with E-state index in [4.69, 9.17) is 13.9 Å². The van der Waals surface area contributed by atoms with Crippen molar-refractivity contribution < 1.29 is 13.9 Å². The van der Waals surface area contributed by atoms with E-state index in [-0.39, 0.29) is 0 Å². The van der Waals surface area contributed by atoms with Crippen molar-refractivity contribution in [3.05, 3.63) is 53.9 Å². The summed E-state index contributed by atoms with van der Waals surface area (Å²) in [5.41, 5.74) is 3.05. The number of fused-ring (bicyclic) bond motifs is 2. The van der Waals surface area contributed by atoms with Gasteiger partial charge >= 0.3 is 0 Å². The molecule has 0 radical (unpaired) electrons. The molecule has 1 atom stereocenters. The molecule has 25 heavy (non-hydrogen) atoms. The lowest BCUT2D eigenvalue weighted by atomic mass is 10.0. The van der Waals surface area contributed by atoms with Gasteiger partial charge in [-0.05, 0) is 49.2 Å². The van der Waals surface area contributed by atoms with Gasteiger partial charge in [0.05, 0.1) is 6.54 Å². The number of rotatable bonds is 3. The maximum Gasteiger partial charge on any atom is 0.209 e. The second-order valence-electron chi connectivity index (χ2n) is 6.61. The third kappa shape index (κ3) is 2.74. The number of ether oxygens (including phenoxy) is 2. The summed E-state index contributed by atoms with van der Waals surface area (Å²) in [7, 11) is 0. The molecule has 5 nitrogen and oxygen atoms in total. The average Bonchev–Trinajstić information content (AvgIpc) is 3.27. The highest BCUT2D eigenvalue weighted by atomic mass is 16.6. The van der Waals surface area contributed by atoms with Crippen LogP contribution in [-0.2, 0) is 6.54 Å². The number of hydrogen-bond donors (Lipinski definition) is 0. The van der Waals surface area contributed by atoms with Crippen molar-refractivity contribution >= 4 is 11.1 Å². The SMILES string of the molecule is c1ccc2oc(CN3CCCC3c3ccc4c(c3)OCCO4)nc2c1. The molecule has 3 aromatic rings. The number of aromatic nitrogens is 1. The molecule has 1 unspecified atom stereocenters. The van der Waals surface area contributed by atoms with Crippen LogP contribution in [0.2, 0.25) is 0 Å². The molecule has 2 aliphatic heterocycles. The number of oxazole rings is 1. The van der Waals surface area contributed by atoms with E-state index in [1.165, 1.54) is 12.0 Å². The van der Waals surface area contributed by atoms with E-state index in [0.29, 0.717) is 19.3 Å². The normalized spacial score (nSPS) is 20.2. The molecular weight excluding hydrogens is 316 g/mol. The number of hydrogen-bond acceptors (Lipinski definition) is 5. The quantitative estimate of drug-likeness (QED) is 0.725. The van der Waals surface area contributed by atoms with Crippen LogP contribution < -0.4 is 9.47 Å². The Labute approximate surface area is 146 Å². The van der Waals surface area contributed by atoms with Crippen LogP contribution in [0.5, 0.6) is 11.5 Å². The van der Waals surface area contributed by atoms with Crippen molar-refractivity contribution in [3.63, 3.8) is 0 Å². The highest BCUT2D eigenvalue weighted by Gasteiger charge is 2.28. The van der Waals surface area contributed by atoms with Gasteiger partial charge in [0.2, 0.25) is 5.89 Å². The average molecular weight is 336 g/mol. The van der Waals surface area contributed by atoms with Crippen LogP contribution in [0.25, 0.3) is 11.1 Å². The van der Waals surface area contributed by atoms with E-state index in [2.05, 4.69) is 22.0 Å². The van der Waals surface area contributed by atoms with Crippen molar-refractivity contribution in [1.29, 1.82) is 0 Å². The molecule has 0 amide bonds. The Morgan fingerprint density at radius 2 is 1.92 bits per heavy atom. The topological polar surface area (TPSA) is 47.7 Å². The monoisotopic (exact) mass is 336 g/mol. The fraction of sp³-hybridized carbons (Fsp3) is 0.350. The van der Waals surface area contributed by atoms with Gasteiger partial charge < -0.3 is 13.9 Å². The number of nitrogens with zero attached hydrogens (tertiary/aromatic N) is 2. The summed E-state index contributed by atoms with van der Waals surface area (Å²) in [5.74, 6) is 2.49. The summed E-state index contributed by atoms with van der Waals surface area (Å²) < 4.78 is 17.3. The molecular formula is C20H20N2O3. The van der Waals surface area contributed by atoms with E-state index in [0.717, 1.165) is 48.0 Å². The van der Waals surface area contributed by atoms with Crippen molar-refractivity contribution in [1.82, 2.24) is 9.88 Å². The summed E-state index contributed by atoms with van der Waals surface area (Å²) in [6, 6.07) is 14.6. The Kier molecular flexibility index (Phi) is 3.59. The third-order valence-corrected chi connectivity index (χ3v) is 4.99. The van der Waals surface area contributed by atoms with Gasteiger partial charge in [0.25, 0.3) is 0 Å². The highest BCUT2D eigenvalue weighted by Crippen LogP contribution is 2.38. The maximum atomic E-state index is 5.91. The van der Waals surface area contributed by atoms with E-state index in [1.807, 2.05) is 30.3 Å². The van der Waals surface area contributed by atoms with E-state index < -0.39 is 0 Å². The van der Waals surface area contributed by atoms with Crippen molar-refractivity contribution in [2.24, 2.45) is 0 Å². The number of para-hydroxylation sites is 2. The highest BCUT2D eigenvalue weighted by molar-refractivity contribution is 5.72. The number of likely N-dealkylation sites (tertiary alicyclic amines) is 1. The first-order chi connectivity index (χ1) is 12.4. The minimum Gasteiger partial charge on any atom is -0.486 e. The molecule has 3 heterocycles. The van der Waals surface area contributed by atoms with Crippen molar-refractivity contribution in [3.8, 4) is 11.5 Å². The Morgan fingerprint density at radius 1 is 1.04 bits per heavy atom. The lowest BCUT2D eigenvalue weighted by Crippen LogP contribution is -2.23. The Hall–Kier alpha value is -2.53. The molecule has 5 rings (SSSR count). The molecule has 128 valence electrons. The van der Waals surface area contributed by atoms with E-state index >= 15 is 0 Å². The van der Waals surface area contributed by atoms with Crippen LogP contribution in [0.15, 0.2) is 46.9 Å². The zero-order valence-electron chi connectivity index (χ0n) is 14.0. The van der Waals surface area contributed by atoms with E-state index in [1.54, 1.807) is 0 Å². The van der Waals surface area contributed by atoms with Gasteiger partial charge in [-0.25, -0.2) is 4.98 Å². The molecule has 2 aromatic carbocycles. The lowest BCUT2D eigenvalue weighted by Gasteiger charge is -2.25. The van der Waals surface area contributed by atoms with Gasteiger partial charge in [-0.2, -0.15) is 0 Å². The first kappa shape index (κ1) is 14.8. The van der Waals surface area contributed by atoms with Crippen LogP contribution in [-0.4, -0.2) is 29.6 Å². The van der Waals surface area contributed by atoms with Gasteiger partial charge in [-0.1, -0.05) is 18.2 Å². The summed E-state index contributed by atoms with van der Waals surface area (Å²) in [6.45, 7) is 3.03. The molecule has 0 aliphatic carbocycles. The molecule has 1 aromatic heterocycles. The third-order valence-electron chi connectivity index (χ3n) is 4.99. The first-order valence-corrected chi connectivity index (χ1v) is 8.85. The van der Waals surface area contributed by atoms with Crippen LogP contribution >= 0.6 is 0 Å². The Balaban J connectivity index is 1.40. The molecule has 0 saturated carbocycles. The molecule has 1 saturated heterocycles. The van der Waals surface area contributed by atoms with Gasteiger partial charge in [0, 0.05) is 6.04 Å². The van der Waals surface area contributed by atoms with Crippen LogP contribution in [0.3, 0.4) is 0 Å². The Bertz CT molecular complexity index is 872. The minimum atomic E-state index is 0.367. The van der Waals surface area contributed by atoms with Crippen LogP contribution in [0.4, 0.5) is 0 Å². The summed E-state index contributed by atoms with van der Waals surface area (Å²) >= 11 is 0. The first-order valence-electron chi connectivity index (χ1n) is 8.85. The summed E-state index contributed by atoms with van der Waals surface area (Å²) in [4.78, 5) is 7.06. The fourth-order valence-corrected chi connectivity index (χ4v) is 3.82. The smallest absolute Gasteiger partial charge is 0.209 e. The van der Waals surface area contributed by atoms with Gasteiger partial charge in [-0.15, -0.1) is 0 Å². The van der Waals surface area contributed by atoms with Crippen LogP contribution in [0.1, 0.15) is 30.3 Å². The van der Waals surface area contributed by atoms with Gasteiger partial charge in [0.15, 0.2) is 17.1 Å². The van der Waals surface area contributed by atoms with Crippen molar-refractivity contribution in [2.45, 2.75) is 25.4 Å². The predicted molar refractivity (Wildman–Crippen MR) is 93.8 cm³/mol. The standard InChI is InChI=1S/C20H20N2O3/c1-2-6-17-15(4-1)21-20(25-17)13-22-9-3-5-16(22)14-7-8-18-19(12-14)24-11-10-23-18/h1-2,4,6-8,12,16H,3,5,9-11,13H2. The zero-order chi connectivity index (χ0) is 16.6. The molecule has 0 bridgehead atoms. The van der Waals surface area contributed by atoms with Crippen LogP contribution in [0, 0.1) is 0 Å². The molecule has 5 heteroatoms. The number of benzene rings is 2. The molecule has 1 fully saturated rings. The Morgan fingerprint density at radius 3 is 2.84 bits per heavy atom. The lowest BCUT2D eigenvalue weighted by molar-refractivity contribution is 0.170. The van der Waals surface area contributed by atoms with Crippen molar-refractivity contribution in [2.75, 3.05) is 19.8 Å². The van der Waals surface area contributed by atoms with E-state index in [9.17, 15) is 0 Å². The zero-order valence-corrected chi connectivity index (χ0v) is 14.0. The summed E-state index contributed by atoms with van der Waals surface area (Å²) in [5, 5.41) is 0. The second kappa shape index (κ2) is 6.08. The molecule has 2 aliphatic rings. The largest absolute Gasteiger partial charge is 0.486 e. The predicted octanol–water partition coefficient (Wildman–Crippen LogP) is 3.94. The maximum absolute atomic E-state index is 5.91.